The van der Waals surface area contributed by atoms with E-state index >= 15 is 0 Å². The fraction of sp³-hybridized carbons (Fsp3) is 0.0769. The first-order chi connectivity index (χ1) is 9.84. The lowest BCUT2D eigenvalue weighted by Crippen LogP contribution is -2.32. The summed E-state index contributed by atoms with van der Waals surface area (Å²) >= 11 is 0. The summed E-state index contributed by atoms with van der Waals surface area (Å²) in [5.41, 5.74) is -1.34. The molecule has 2 rings (SSSR count). The maximum absolute atomic E-state index is 12.0. The topological polar surface area (TPSA) is 141 Å². The number of benzene rings is 1. The van der Waals surface area contributed by atoms with Gasteiger partial charge in [0, 0.05) is 11.1 Å². The zero-order valence-corrected chi connectivity index (χ0v) is 10.4. The molecule has 1 aliphatic rings. The number of nitrogens with one attached hydrogen (secondary N) is 1. The van der Waals surface area contributed by atoms with E-state index in [9.17, 15) is 24.3 Å². The zero-order valence-electron chi connectivity index (χ0n) is 10.4. The predicted octanol–water partition coefficient (Wildman–Crippen LogP) is 0.0510. The second-order valence-corrected chi connectivity index (χ2v) is 4.16. The van der Waals surface area contributed by atoms with Crippen molar-refractivity contribution in [2.75, 3.05) is 6.54 Å². The van der Waals surface area contributed by atoms with Gasteiger partial charge in [0.15, 0.2) is 0 Å². The highest BCUT2D eigenvalue weighted by atomic mass is 16.4. The fourth-order valence-electron chi connectivity index (χ4n) is 2.00. The Labute approximate surface area is 117 Å². The van der Waals surface area contributed by atoms with Crippen molar-refractivity contribution in [2.24, 2.45) is 0 Å². The van der Waals surface area contributed by atoms with Crippen molar-refractivity contribution in [1.29, 1.82) is 0 Å². The summed E-state index contributed by atoms with van der Waals surface area (Å²) in [6.45, 7) is -0.731. The van der Waals surface area contributed by atoms with Crippen molar-refractivity contribution in [1.82, 2.24) is 5.32 Å². The number of hydrogen-bond acceptors (Lipinski definition) is 5. The molecule has 0 bridgehead atoms. The van der Waals surface area contributed by atoms with Crippen LogP contribution in [0.4, 0.5) is 0 Å². The van der Waals surface area contributed by atoms with Gasteiger partial charge in [-0.2, -0.15) is 0 Å². The number of carbonyl (C=O) groups is 4. The molecule has 1 aromatic carbocycles. The smallest absolute Gasteiger partial charge is 0.336 e. The van der Waals surface area contributed by atoms with Gasteiger partial charge >= 0.3 is 11.9 Å². The van der Waals surface area contributed by atoms with E-state index in [1.165, 1.54) is 18.2 Å². The fourth-order valence-corrected chi connectivity index (χ4v) is 2.00. The van der Waals surface area contributed by atoms with E-state index < -0.39 is 41.5 Å². The van der Waals surface area contributed by atoms with Gasteiger partial charge in [-0.05, 0) is 6.07 Å². The summed E-state index contributed by atoms with van der Waals surface area (Å²) in [6, 6.07) is 3.77. The van der Waals surface area contributed by atoms with E-state index in [-0.39, 0.29) is 16.7 Å². The Bertz CT molecular complexity index is 717. The molecule has 0 heterocycles. The summed E-state index contributed by atoms with van der Waals surface area (Å²) in [4.78, 5) is 45.3. The molecule has 8 heteroatoms. The molecule has 0 saturated carbocycles. The van der Waals surface area contributed by atoms with Crippen LogP contribution in [0.15, 0.2) is 23.8 Å². The van der Waals surface area contributed by atoms with E-state index in [0.717, 1.165) is 0 Å². The van der Waals surface area contributed by atoms with Crippen LogP contribution in [-0.4, -0.2) is 45.5 Å². The average molecular weight is 291 g/mol. The monoisotopic (exact) mass is 291 g/mol. The Morgan fingerprint density at radius 2 is 1.81 bits per heavy atom. The van der Waals surface area contributed by atoms with Crippen molar-refractivity contribution < 1.29 is 34.5 Å². The molecule has 108 valence electrons. The van der Waals surface area contributed by atoms with Gasteiger partial charge in [-0.3, -0.25) is 14.4 Å². The minimum atomic E-state index is -1.36. The number of aromatic carboxylic acids is 1. The maximum Gasteiger partial charge on any atom is 0.336 e. The third-order valence-electron chi connectivity index (χ3n) is 2.87. The van der Waals surface area contributed by atoms with Crippen molar-refractivity contribution in [3.05, 3.63) is 40.5 Å². The highest BCUT2D eigenvalue weighted by Crippen LogP contribution is 2.33. The number of aliphatic hydroxyl groups excluding tert-OH is 1. The molecule has 21 heavy (non-hydrogen) atoms. The summed E-state index contributed by atoms with van der Waals surface area (Å²) in [5, 5.41) is 29.4. The first-order valence-electron chi connectivity index (χ1n) is 5.69. The van der Waals surface area contributed by atoms with Crippen LogP contribution < -0.4 is 5.32 Å². The average Bonchev–Trinajstić information content (AvgIpc) is 2.68. The Kier molecular flexibility index (Phi) is 3.45. The second kappa shape index (κ2) is 5.08. The van der Waals surface area contributed by atoms with Gasteiger partial charge in [0.2, 0.25) is 5.78 Å². The second-order valence-electron chi connectivity index (χ2n) is 4.16. The third kappa shape index (κ3) is 2.34. The van der Waals surface area contributed by atoms with Crippen molar-refractivity contribution in [2.45, 2.75) is 0 Å². The third-order valence-corrected chi connectivity index (χ3v) is 2.87. The van der Waals surface area contributed by atoms with Gasteiger partial charge in [-0.25, -0.2) is 4.79 Å². The molecule has 0 fully saturated rings. The first-order valence-corrected chi connectivity index (χ1v) is 5.69. The van der Waals surface area contributed by atoms with Gasteiger partial charge < -0.3 is 20.6 Å². The molecule has 0 spiro atoms. The molecular formula is C13H9NO7. The standard InChI is InChI=1S/C13H9NO7/c15-7(16)4-14-12(19)9-10(17)5-2-1-3-6(13(20)21)8(5)11(9)18/h1-3,18H,4H2,(H,14,19)(H,15,16)(H,20,21). The highest BCUT2D eigenvalue weighted by Gasteiger charge is 2.37. The Morgan fingerprint density at radius 3 is 2.38 bits per heavy atom. The van der Waals surface area contributed by atoms with Crippen LogP contribution in [0.25, 0.3) is 5.76 Å². The molecule has 0 aliphatic heterocycles. The lowest BCUT2D eigenvalue weighted by atomic mass is 10.0. The molecule has 0 saturated heterocycles. The van der Waals surface area contributed by atoms with Crippen LogP contribution in [0.3, 0.4) is 0 Å². The van der Waals surface area contributed by atoms with Crippen LogP contribution in [0.5, 0.6) is 0 Å². The van der Waals surface area contributed by atoms with Gasteiger partial charge in [0.1, 0.15) is 17.9 Å². The molecule has 8 nitrogen and oxygen atoms in total. The normalized spacial score (nSPS) is 13.0. The summed E-state index contributed by atoms with van der Waals surface area (Å²) in [7, 11) is 0. The lowest BCUT2D eigenvalue weighted by molar-refractivity contribution is -0.137. The quantitative estimate of drug-likeness (QED) is 0.574. The minimum Gasteiger partial charge on any atom is -0.506 e. The molecule has 0 aromatic heterocycles. The first kappa shape index (κ1) is 14.3. The number of rotatable bonds is 4. The number of ketones is 1. The van der Waals surface area contributed by atoms with Gasteiger partial charge in [-0.1, -0.05) is 12.1 Å². The zero-order chi connectivity index (χ0) is 15.7. The number of Topliss-reactive ketones (excluding diaryl/α,β-unsaturated/α-hetero) is 1. The Hall–Kier alpha value is -3.16. The molecule has 0 atom stereocenters. The van der Waals surface area contributed by atoms with Gasteiger partial charge in [-0.15, -0.1) is 0 Å². The van der Waals surface area contributed by atoms with Crippen LogP contribution in [0.2, 0.25) is 0 Å². The van der Waals surface area contributed by atoms with E-state index in [1.807, 2.05) is 5.32 Å². The highest BCUT2D eigenvalue weighted by molar-refractivity contribution is 6.34. The lowest BCUT2D eigenvalue weighted by Gasteiger charge is -2.03. The molecular weight excluding hydrogens is 282 g/mol. The maximum atomic E-state index is 12.0. The number of amides is 1. The van der Waals surface area contributed by atoms with Crippen LogP contribution in [0, 0.1) is 0 Å². The number of carbonyl (C=O) groups excluding carboxylic acids is 2. The number of hydrogen-bond donors (Lipinski definition) is 4. The van der Waals surface area contributed by atoms with E-state index in [4.69, 9.17) is 10.2 Å². The van der Waals surface area contributed by atoms with E-state index in [1.54, 1.807) is 0 Å². The molecule has 4 N–H and O–H groups in total. The predicted molar refractivity (Wildman–Crippen MR) is 67.9 cm³/mol. The van der Waals surface area contributed by atoms with Crippen molar-refractivity contribution in [3.8, 4) is 0 Å². The summed E-state index contributed by atoms with van der Waals surface area (Å²) < 4.78 is 0. The van der Waals surface area contributed by atoms with Crippen LogP contribution in [-0.2, 0) is 9.59 Å². The number of fused-ring (bicyclic) bond motifs is 1. The number of aliphatic carboxylic acids is 1. The van der Waals surface area contributed by atoms with Crippen molar-refractivity contribution in [3.63, 3.8) is 0 Å². The molecule has 1 amide bonds. The van der Waals surface area contributed by atoms with Crippen LogP contribution >= 0.6 is 0 Å². The summed E-state index contributed by atoms with van der Waals surface area (Å²) in [6.07, 6.45) is 0. The Morgan fingerprint density at radius 1 is 1.14 bits per heavy atom. The molecule has 1 aliphatic carbocycles. The number of carboxylic acids is 2. The minimum absolute atomic E-state index is 0.118. The van der Waals surface area contributed by atoms with E-state index in [0.29, 0.717) is 0 Å². The van der Waals surface area contributed by atoms with Gasteiger partial charge in [0.25, 0.3) is 5.91 Å². The SMILES string of the molecule is O=C(O)CNC(=O)C1=C(O)c2c(C(=O)O)cccc2C1=O. The molecule has 0 unspecified atom stereocenters. The van der Waals surface area contributed by atoms with Gasteiger partial charge in [0.05, 0.1) is 5.56 Å². The summed E-state index contributed by atoms with van der Waals surface area (Å²) in [5.74, 6) is -5.38. The Balaban J connectivity index is 2.48. The van der Waals surface area contributed by atoms with Crippen LogP contribution in [0.1, 0.15) is 26.3 Å². The van der Waals surface area contributed by atoms with Crippen molar-refractivity contribution >= 4 is 29.4 Å². The number of carboxylic acid groups (broad SMARTS) is 2. The molecule has 0 radical (unpaired) electrons. The number of aliphatic hydroxyl groups is 1. The molecule has 1 aromatic rings. The largest absolute Gasteiger partial charge is 0.506 e. The van der Waals surface area contributed by atoms with E-state index in [2.05, 4.69) is 0 Å².